The second-order valence-corrected chi connectivity index (χ2v) is 5.57. The van der Waals surface area contributed by atoms with Gasteiger partial charge in [0.15, 0.2) is 0 Å². The maximum absolute atomic E-state index is 3.55. The minimum Gasteiger partial charge on any atom is -0.319 e. The quantitative estimate of drug-likeness (QED) is 0.685. The van der Waals surface area contributed by atoms with E-state index in [9.17, 15) is 0 Å². The van der Waals surface area contributed by atoms with Crippen molar-refractivity contribution in [2.75, 3.05) is 13.6 Å². The minimum atomic E-state index is 0.648. The van der Waals surface area contributed by atoms with Gasteiger partial charge in [0.25, 0.3) is 0 Å². The van der Waals surface area contributed by atoms with Gasteiger partial charge in [0, 0.05) is 11.0 Å². The standard InChI is InChI=1S/C15H24BrN/c1-3-4-5-6-8-14(12-17-2)13-9-7-10-15(16)11-13/h7,9-11,14,17H,3-6,8,12H2,1-2H3. The van der Waals surface area contributed by atoms with Crippen molar-refractivity contribution in [2.24, 2.45) is 0 Å². The molecule has 1 aromatic carbocycles. The largest absolute Gasteiger partial charge is 0.319 e. The summed E-state index contributed by atoms with van der Waals surface area (Å²) < 4.78 is 1.18. The zero-order valence-electron chi connectivity index (χ0n) is 11.0. The number of unbranched alkanes of at least 4 members (excludes halogenated alkanes) is 3. The molecule has 0 radical (unpaired) electrons. The zero-order valence-corrected chi connectivity index (χ0v) is 12.6. The van der Waals surface area contributed by atoms with Gasteiger partial charge < -0.3 is 5.32 Å². The molecule has 0 bridgehead atoms. The Bertz CT molecular complexity index is 312. The molecule has 0 heterocycles. The van der Waals surface area contributed by atoms with Gasteiger partial charge in [-0.25, -0.2) is 0 Å². The summed E-state index contributed by atoms with van der Waals surface area (Å²) in [6.45, 7) is 3.34. The van der Waals surface area contributed by atoms with Crippen molar-refractivity contribution < 1.29 is 0 Å². The lowest BCUT2D eigenvalue weighted by Crippen LogP contribution is -2.17. The second-order valence-electron chi connectivity index (χ2n) is 4.66. The van der Waals surface area contributed by atoms with Crippen molar-refractivity contribution in [1.29, 1.82) is 0 Å². The predicted octanol–water partition coefficient (Wildman–Crippen LogP) is 4.72. The van der Waals surface area contributed by atoms with Crippen LogP contribution in [0.5, 0.6) is 0 Å². The topological polar surface area (TPSA) is 12.0 Å². The first-order valence-electron chi connectivity index (χ1n) is 6.68. The first kappa shape index (κ1) is 14.7. The highest BCUT2D eigenvalue weighted by Gasteiger charge is 2.10. The highest BCUT2D eigenvalue weighted by molar-refractivity contribution is 9.10. The molecule has 1 nitrogen and oxygen atoms in total. The van der Waals surface area contributed by atoms with Gasteiger partial charge >= 0.3 is 0 Å². The third-order valence-corrected chi connectivity index (χ3v) is 3.67. The van der Waals surface area contributed by atoms with E-state index in [1.807, 2.05) is 7.05 Å². The fraction of sp³-hybridized carbons (Fsp3) is 0.600. The van der Waals surface area contributed by atoms with Crippen LogP contribution in [0.1, 0.15) is 50.5 Å². The first-order valence-corrected chi connectivity index (χ1v) is 7.47. The van der Waals surface area contributed by atoms with Crippen LogP contribution in [-0.4, -0.2) is 13.6 Å². The van der Waals surface area contributed by atoms with Crippen LogP contribution in [-0.2, 0) is 0 Å². The van der Waals surface area contributed by atoms with Crippen LogP contribution in [0, 0.1) is 0 Å². The Balaban J connectivity index is 2.52. The van der Waals surface area contributed by atoms with E-state index in [1.165, 1.54) is 42.1 Å². The summed E-state index contributed by atoms with van der Waals surface area (Å²) in [4.78, 5) is 0. The Morgan fingerprint density at radius 1 is 1.24 bits per heavy atom. The molecule has 0 aliphatic rings. The maximum atomic E-state index is 3.55. The Hall–Kier alpha value is -0.340. The number of hydrogen-bond donors (Lipinski definition) is 1. The lowest BCUT2D eigenvalue weighted by atomic mass is 9.93. The zero-order chi connectivity index (χ0) is 12.5. The molecule has 1 unspecified atom stereocenters. The first-order chi connectivity index (χ1) is 8.27. The summed E-state index contributed by atoms with van der Waals surface area (Å²) in [5.74, 6) is 0.648. The van der Waals surface area contributed by atoms with Crippen LogP contribution in [0.25, 0.3) is 0 Å². The Labute approximate surface area is 114 Å². The molecule has 0 aromatic heterocycles. The van der Waals surface area contributed by atoms with E-state index in [4.69, 9.17) is 0 Å². The predicted molar refractivity (Wildman–Crippen MR) is 79.6 cm³/mol. The average Bonchev–Trinajstić information content (AvgIpc) is 2.33. The third kappa shape index (κ3) is 5.69. The lowest BCUT2D eigenvalue weighted by Gasteiger charge is -2.17. The smallest absolute Gasteiger partial charge is 0.0178 e. The van der Waals surface area contributed by atoms with Gasteiger partial charge in [-0.05, 0) is 37.1 Å². The molecular weight excluding hydrogens is 274 g/mol. The Morgan fingerprint density at radius 3 is 2.71 bits per heavy atom. The molecule has 1 N–H and O–H groups in total. The molecule has 0 amide bonds. The molecule has 0 saturated heterocycles. The van der Waals surface area contributed by atoms with Crippen molar-refractivity contribution in [2.45, 2.75) is 44.9 Å². The van der Waals surface area contributed by atoms with Crippen LogP contribution in [0.4, 0.5) is 0 Å². The van der Waals surface area contributed by atoms with E-state index in [1.54, 1.807) is 0 Å². The average molecular weight is 298 g/mol. The summed E-state index contributed by atoms with van der Waals surface area (Å²) in [6, 6.07) is 8.72. The molecule has 0 fully saturated rings. The summed E-state index contributed by atoms with van der Waals surface area (Å²) in [6.07, 6.45) is 6.67. The molecular formula is C15H24BrN. The van der Waals surface area contributed by atoms with E-state index in [0.717, 1.165) is 6.54 Å². The second kappa shape index (κ2) is 8.71. The maximum Gasteiger partial charge on any atom is 0.0178 e. The van der Waals surface area contributed by atoms with Gasteiger partial charge in [0.1, 0.15) is 0 Å². The number of nitrogens with one attached hydrogen (secondary N) is 1. The molecule has 1 atom stereocenters. The van der Waals surface area contributed by atoms with Crippen molar-refractivity contribution in [3.63, 3.8) is 0 Å². The van der Waals surface area contributed by atoms with E-state index in [0.29, 0.717) is 5.92 Å². The highest BCUT2D eigenvalue weighted by Crippen LogP contribution is 2.24. The van der Waals surface area contributed by atoms with Crippen molar-refractivity contribution in [3.8, 4) is 0 Å². The number of rotatable bonds is 8. The summed E-state index contributed by atoms with van der Waals surface area (Å²) in [5, 5.41) is 3.31. The molecule has 0 saturated carbocycles. The minimum absolute atomic E-state index is 0.648. The molecule has 0 spiro atoms. The number of hydrogen-bond acceptors (Lipinski definition) is 1. The van der Waals surface area contributed by atoms with Crippen molar-refractivity contribution in [3.05, 3.63) is 34.3 Å². The molecule has 17 heavy (non-hydrogen) atoms. The van der Waals surface area contributed by atoms with Gasteiger partial charge in [-0.15, -0.1) is 0 Å². The molecule has 96 valence electrons. The summed E-state index contributed by atoms with van der Waals surface area (Å²) >= 11 is 3.55. The van der Waals surface area contributed by atoms with Crippen LogP contribution < -0.4 is 5.32 Å². The Morgan fingerprint density at radius 2 is 2.06 bits per heavy atom. The molecule has 1 aromatic rings. The highest BCUT2D eigenvalue weighted by atomic mass is 79.9. The number of benzene rings is 1. The van der Waals surface area contributed by atoms with Gasteiger partial charge in [0.05, 0.1) is 0 Å². The SMILES string of the molecule is CCCCCCC(CNC)c1cccc(Br)c1. The van der Waals surface area contributed by atoms with E-state index >= 15 is 0 Å². The number of likely N-dealkylation sites (N-methyl/N-ethyl adjacent to an activating group) is 1. The normalized spacial score (nSPS) is 12.6. The van der Waals surface area contributed by atoms with Crippen molar-refractivity contribution >= 4 is 15.9 Å². The van der Waals surface area contributed by atoms with E-state index < -0.39 is 0 Å². The van der Waals surface area contributed by atoms with Gasteiger partial charge in [0.2, 0.25) is 0 Å². The molecule has 0 aliphatic carbocycles. The Kier molecular flexibility index (Phi) is 7.54. The van der Waals surface area contributed by atoms with Gasteiger partial charge in [-0.3, -0.25) is 0 Å². The summed E-state index contributed by atoms with van der Waals surface area (Å²) in [7, 11) is 2.04. The third-order valence-electron chi connectivity index (χ3n) is 3.18. The molecule has 0 aliphatic heterocycles. The van der Waals surface area contributed by atoms with Crippen LogP contribution >= 0.6 is 15.9 Å². The number of halogens is 1. The fourth-order valence-corrected chi connectivity index (χ4v) is 2.63. The van der Waals surface area contributed by atoms with E-state index in [2.05, 4.69) is 52.4 Å². The van der Waals surface area contributed by atoms with Gasteiger partial charge in [-0.1, -0.05) is 60.7 Å². The molecule has 1 rings (SSSR count). The fourth-order valence-electron chi connectivity index (χ4n) is 2.21. The van der Waals surface area contributed by atoms with E-state index in [-0.39, 0.29) is 0 Å². The molecule has 2 heteroatoms. The van der Waals surface area contributed by atoms with Gasteiger partial charge in [-0.2, -0.15) is 0 Å². The van der Waals surface area contributed by atoms with Crippen molar-refractivity contribution in [1.82, 2.24) is 5.32 Å². The van der Waals surface area contributed by atoms with Crippen LogP contribution in [0.2, 0.25) is 0 Å². The van der Waals surface area contributed by atoms with Crippen LogP contribution in [0.3, 0.4) is 0 Å². The summed E-state index contributed by atoms with van der Waals surface area (Å²) in [5.41, 5.74) is 1.45. The van der Waals surface area contributed by atoms with Crippen LogP contribution in [0.15, 0.2) is 28.7 Å². The monoisotopic (exact) mass is 297 g/mol. The lowest BCUT2D eigenvalue weighted by molar-refractivity contribution is 0.533.